The summed E-state index contributed by atoms with van der Waals surface area (Å²) in [4.78, 5) is 4.80. The van der Waals surface area contributed by atoms with E-state index in [1.54, 1.807) is 0 Å². The van der Waals surface area contributed by atoms with Crippen LogP contribution in [0.3, 0.4) is 0 Å². The van der Waals surface area contributed by atoms with Gasteiger partial charge < -0.3 is 15.5 Å². The van der Waals surface area contributed by atoms with Crippen LogP contribution in [0.15, 0.2) is 54.6 Å². The Labute approximate surface area is 114 Å². The number of para-hydroxylation sites is 3. The zero-order valence-electron chi connectivity index (χ0n) is 11.0. The Balaban J connectivity index is 1.69. The molecule has 0 bridgehead atoms. The van der Waals surface area contributed by atoms with Crippen LogP contribution in [0.25, 0.3) is 0 Å². The maximum atomic E-state index is 6.04. The Morgan fingerprint density at radius 2 is 1.26 bits per heavy atom. The number of hydrogen-bond donors (Lipinski definition) is 1. The second kappa shape index (κ2) is 5.22. The Morgan fingerprint density at radius 1 is 0.684 bits per heavy atom. The molecule has 1 fully saturated rings. The quantitative estimate of drug-likeness (QED) is 0.835. The van der Waals surface area contributed by atoms with Crippen LogP contribution in [0, 0.1) is 0 Å². The minimum Gasteiger partial charge on any atom is -0.397 e. The topological polar surface area (TPSA) is 32.5 Å². The normalized spacial score (nSPS) is 15.6. The van der Waals surface area contributed by atoms with E-state index in [-0.39, 0.29) is 0 Å². The van der Waals surface area contributed by atoms with Crippen LogP contribution in [0.1, 0.15) is 0 Å². The summed E-state index contributed by atoms with van der Waals surface area (Å²) in [6.45, 7) is 4.11. The highest BCUT2D eigenvalue weighted by atomic mass is 15.3. The fraction of sp³-hybridized carbons (Fsp3) is 0.250. The molecule has 0 unspecified atom stereocenters. The molecule has 0 spiro atoms. The molecule has 1 saturated heterocycles. The Hall–Kier alpha value is -2.16. The molecule has 0 atom stereocenters. The monoisotopic (exact) mass is 253 g/mol. The molecule has 1 heterocycles. The molecule has 1 aliphatic rings. The lowest BCUT2D eigenvalue weighted by Crippen LogP contribution is -2.46. The van der Waals surface area contributed by atoms with Crippen LogP contribution < -0.4 is 15.5 Å². The Kier molecular flexibility index (Phi) is 3.27. The summed E-state index contributed by atoms with van der Waals surface area (Å²) < 4.78 is 0. The van der Waals surface area contributed by atoms with Gasteiger partial charge in [0.15, 0.2) is 0 Å². The molecule has 2 aromatic carbocycles. The summed E-state index contributed by atoms with van der Waals surface area (Å²) in [5, 5.41) is 0. The van der Waals surface area contributed by atoms with Crippen LogP contribution in [0.4, 0.5) is 17.1 Å². The third-order valence-electron chi connectivity index (χ3n) is 3.68. The molecule has 2 N–H and O–H groups in total. The van der Waals surface area contributed by atoms with Crippen LogP contribution in [0.2, 0.25) is 0 Å². The summed E-state index contributed by atoms with van der Waals surface area (Å²) in [6.07, 6.45) is 0. The van der Waals surface area contributed by atoms with Crippen molar-refractivity contribution < 1.29 is 0 Å². The van der Waals surface area contributed by atoms with E-state index in [2.05, 4.69) is 52.3 Å². The number of piperazine rings is 1. The van der Waals surface area contributed by atoms with Crippen molar-refractivity contribution in [2.45, 2.75) is 0 Å². The van der Waals surface area contributed by atoms with E-state index in [0.29, 0.717) is 0 Å². The molecule has 0 aliphatic carbocycles. The second-order valence-electron chi connectivity index (χ2n) is 4.87. The number of rotatable bonds is 2. The van der Waals surface area contributed by atoms with Gasteiger partial charge in [0.25, 0.3) is 0 Å². The summed E-state index contributed by atoms with van der Waals surface area (Å²) in [5.41, 5.74) is 9.38. The van der Waals surface area contributed by atoms with E-state index in [4.69, 9.17) is 5.73 Å². The van der Waals surface area contributed by atoms with E-state index in [1.807, 2.05) is 12.1 Å². The number of nitrogens with zero attached hydrogens (tertiary/aromatic N) is 2. The van der Waals surface area contributed by atoms with E-state index >= 15 is 0 Å². The van der Waals surface area contributed by atoms with Crippen molar-refractivity contribution in [1.82, 2.24) is 0 Å². The lowest BCUT2D eigenvalue weighted by molar-refractivity contribution is 0.654. The number of benzene rings is 2. The number of nitrogen functional groups attached to an aromatic ring is 1. The first-order valence-corrected chi connectivity index (χ1v) is 6.74. The fourth-order valence-corrected chi connectivity index (χ4v) is 2.62. The van der Waals surface area contributed by atoms with Gasteiger partial charge in [-0.15, -0.1) is 0 Å². The first-order chi connectivity index (χ1) is 9.34. The predicted octanol–water partition coefficient (Wildman–Crippen LogP) is 2.60. The van der Waals surface area contributed by atoms with Crippen molar-refractivity contribution in [2.24, 2.45) is 0 Å². The average Bonchev–Trinajstić information content (AvgIpc) is 2.49. The lowest BCUT2D eigenvalue weighted by Gasteiger charge is -2.37. The average molecular weight is 253 g/mol. The maximum absolute atomic E-state index is 6.04. The van der Waals surface area contributed by atoms with Gasteiger partial charge in [-0.1, -0.05) is 30.3 Å². The maximum Gasteiger partial charge on any atom is 0.0601 e. The zero-order valence-corrected chi connectivity index (χ0v) is 11.0. The first-order valence-electron chi connectivity index (χ1n) is 6.74. The van der Waals surface area contributed by atoms with Crippen molar-refractivity contribution in [3.63, 3.8) is 0 Å². The summed E-state index contributed by atoms with van der Waals surface area (Å²) in [6, 6.07) is 18.7. The van der Waals surface area contributed by atoms with E-state index in [1.165, 1.54) is 5.69 Å². The van der Waals surface area contributed by atoms with Gasteiger partial charge in [0, 0.05) is 31.9 Å². The minimum atomic E-state index is 0.871. The van der Waals surface area contributed by atoms with Crippen molar-refractivity contribution >= 4 is 17.1 Å². The fourth-order valence-electron chi connectivity index (χ4n) is 2.62. The van der Waals surface area contributed by atoms with Crippen molar-refractivity contribution in [1.29, 1.82) is 0 Å². The van der Waals surface area contributed by atoms with Crippen LogP contribution >= 0.6 is 0 Å². The number of anilines is 3. The molecule has 98 valence electrons. The molecule has 1 aliphatic heterocycles. The van der Waals surface area contributed by atoms with Gasteiger partial charge in [0.2, 0.25) is 0 Å². The van der Waals surface area contributed by atoms with Crippen LogP contribution in [-0.4, -0.2) is 26.2 Å². The van der Waals surface area contributed by atoms with Crippen molar-refractivity contribution in [2.75, 3.05) is 41.7 Å². The highest BCUT2D eigenvalue weighted by molar-refractivity contribution is 5.68. The van der Waals surface area contributed by atoms with Crippen molar-refractivity contribution in [3.05, 3.63) is 54.6 Å². The van der Waals surface area contributed by atoms with Gasteiger partial charge in [-0.3, -0.25) is 0 Å². The minimum absolute atomic E-state index is 0.871. The second-order valence-corrected chi connectivity index (χ2v) is 4.87. The number of nitrogens with two attached hydrogens (primary N) is 1. The molecule has 0 saturated carbocycles. The smallest absolute Gasteiger partial charge is 0.0601 e. The molecule has 0 radical (unpaired) electrons. The highest BCUT2D eigenvalue weighted by Crippen LogP contribution is 2.25. The molecule has 19 heavy (non-hydrogen) atoms. The Morgan fingerprint density at radius 3 is 1.95 bits per heavy atom. The van der Waals surface area contributed by atoms with Gasteiger partial charge in [0.1, 0.15) is 0 Å². The van der Waals surface area contributed by atoms with Crippen molar-refractivity contribution in [3.8, 4) is 0 Å². The highest BCUT2D eigenvalue weighted by Gasteiger charge is 2.18. The third kappa shape index (κ3) is 2.50. The molecule has 2 aromatic rings. The van der Waals surface area contributed by atoms with Crippen LogP contribution in [0.5, 0.6) is 0 Å². The SMILES string of the molecule is Nc1ccccc1N1CCN(c2ccccc2)CC1. The molecule has 3 rings (SSSR count). The summed E-state index contributed by atoms with van der Waals surface area (Å²) in [7, 11) is 0. The first kappa shape index (κ1) is 11.9. The van der Waals surface area contributed by atoms with Gasteiger partial charge in [-0.05, 0) is 24.3 Å². The van der Waals surface area contributed by atoms with Gasteiger partial charge >= 0.3 is 0 Å². The van der Waals surface area contributed by atoms with E-state index in [0.717, 1.165) is 37.6 Å². The van der Waals surface area contributed by atoms with Crippen LogP contribution in [-0.2, 0) is 0 Å². The Bertz CT molecular complexity index is 531. The largest absolute Gasteiger partial charge is 0.397 e. The molecular formula is C16H19N3. The third-order valence-corrected chi connectivity index (χ3v) is 3.68. The lowest BCUT2D eigenvalue weighted by atomic mass is 10.2. The van der Waals surface area contributed by atoms with Gasteiger partial charge in [-0.25, -0.2) is 0 Å². The molecule has 3 nitrogen and oxygen atoms in total. The zero-order chi connectivity index (χ0) is 13.1. The molecule has 0 amide bonds. The van der Waals surface area contributed by atoms with E-state index in [9.17, 15) is 0 Å². The molecular weight excluding hydrogens is 234 g/mol. The standard InChI is InChI=1S/C16H19N3/c17-15-8-4-5-9-16(15)19-12-10-18(11-13-19)14-6-2-1-3-7-14/h1-9H,10-13,17H2. The summed E-state index contributed by atoms with van der Waals surface area (Å²) >= 11 is 0. The van der Waals surface area contributed by atoms with E-state index < -0.39 is 0 Å². The van der Waals surface area contributed by atoms with Gasteiger partial charge in [0.05, 0.1) is 11.4 Å². The molecule has 3 heteroatoms. The predicted molar refractivity (Wildman–Crippen MR) is 81.7 cm³/mol. The van der Waals surface area contributed by atoms with Gasteiger partial charge in [-0.2, -0.15) is 0 Å². The summed E-state index contributed by atoms with van der Waals surface area (Å²) in [5.74, 6) is 0. The number of hydrogen-bond acceptors (Lipinski definition) is 3. The molecule has 0 aromatic heterocycles.